The van der Waals surface area contributed by atoms with Gasteiger partial charge in [-0.3, -0.25) is 4.79 Å². The molecular weight excluding hydrogens is 248 g/mol. The monoisotopic (exact) mass is 268 g/mol. The Balaban J connectivity index is 2.87. The Hall–Kier alpha value is -0.900. The highest BCUT2D eigenvalue weighted by atomic mass is 35.5. The first-order valence-electron chi connectivity index (χ1n) is 6.17. The molecule has 1 aromatic rings. The van der Waals surface area contributed by atoms with E-state index in [-0.39, 0.29) is 11.8 Å². The van der Waals surface area contributed by atoms with E-state index in [1.807, 2.05) is 39.2 Å². The molecule has 0 saturated heterocycles. The maximum absolute atomic E-state index is 11.6. The van der Waals surface area contributed by atoms with Crippen LogP contribution >= 0.6 is 11.6 Å². The predicted octanol–water partition coefficient (Wildman–Crippen LogP) is 2.36. The largest absolute Gasteiger partial charge is 0.329 e. The molecule has 0 aliphatic heterocycles. The maximum atomic E-state index is 11.6. The summed E-state index contributed by atoms with van der Waals surface area (Å²) in [7, 11) is 4.02. The van der Waals surface area contributed by atoms with Crippen molar-refractivity contribution in [3.8, 4) is 0 Å². The summed E-state index contributed by atoms with van der Waals surface area (Å²) >= 11 is 6.14. The molecule has 1 aromatic carbocycles. The minimum absolute atomic E-state index is 0.0783. The van der Waals surface area contributed by atoms with E-state index >= 15 is 0 Å². The maximum Gasteiger partial charge on any atom is 0.164 e. The summed E-state index contributed by atoms with van der Waals surface area (Å²) in [6.07, 6.45) is 1.31. The SMILES string of the molecule is CCC(=O)c1ccc(C[C@@H](CN)N(C)C)cc1Cl. The first kappa shape index (κ1) is 15.2. The Morgan fingerprint density at radius 1 is 1.44 bits per heavy atom. The highest BCUT2D eigenvalue weighted by molar-refractivity contribution is 6.34. The van der Waals surface area contributed by atoms with Crippen LogP contribution in [0.4, 0.5) is 0 Å². The van der Waals surface area contributed by atoms with Crippen molar-refractivity contribution >= 4 is 17.4 Å². The van der Waals surface area contributed by atoms with Crippen LogP contribution in [0.25, 0.3) is 0 Å². The Kier molecular flexibility index (Phi) is 5.79. The lowest BCUT2D eigenvalue weighted by atomic mass is 10.0. The number of ketones is 1. The van der Waals surface area contributed by atoms with E-state index in [1.165, 1.54) is 0 Å². The van der Waals surface area contributed by atoms with Crippen LogP contribution in [0.15, 0.2) is 18.2 Å². The number of halogens is 1. The number of carbonyl (C=O) groups is 1. The van der Waals surface area contributed by atoms with Crippen molar-refractivity contribution < 1.29 is 4.79 Å². The van der Waals surface area contributed by atoms with Crippen LogP contribution in [-0.4, -0.2) is 37.4 Å². The highest BCUT2D eigenvalue weighted by Crippen LogP contribution is 2.20. The van der Waals surface area contributed by atoms with Crippen LogP contribution in [0.2, 0.25) is 5.02 Å². The minimum atomic E-state index is 0.0783. The molecule has 0 bridgehead atoms. The van der Waals surface area contributed by atoms with Crippen LogP contribution in [0.5, 0.6) is 0 Å². The van der Waals surface area contributed by atoms with Crippen molar-refractivity contribution in [1.82, 2.24) is 4.90 Å². The van der Waals surface area contributed by atoms with Crippen LogP contribution in [-0.2, 0) is 6.42 Å². The van der Waals surface area contributed by atoms with Gasteiger partial charge in [-0.1, -0.05) is 24.6 Å². The molecule has 1 atom stereocenters. The van der Waals surface area contributed by atoms with Gasteiger partial charge in [0.1, 0.15) is 0 Å². The summed E-state index contributed by atoms with van der Waals surface area (Å²) in [5.41, 5.74) is 7.45. The summed E-state index contributed by atoms with van der Waals surface area (Å²) in [6, 6.07) is 5.93. The highest BCUT2D eigenvalue weighted by Gasteiger charge is 2.13. The number of likely N-dealkylation sites (N-methyl/N-ethyl adjacent to an activating group) is 1. The van der Waals surface area contributed by atoms with Crippen molar-refractivity contribution in [2.75, 3.05) is 20.6 Å². The molecule has 0 radical (unpaired) electrons. The standard InChI is InChI=1S/C14H21ClN2O/c1-4-14(18)12-6-5-10(8-13(12)15)7-11(9-16)17(2)3/h5-6,8,11H,4,7,9,16H2,1-3H3/t11-/m0/s1. The second kappa shape index (κ2) is 6.88. The Bertz CT molecular complexity index is 418. The van der Waals surface area contributed by atoms with E-state index in [9.17, 15) is 4.79 Å². The number of nitrogens with zero attached hydrogens (tertiary/aromatic N) is 1. The molecule has 0 fully saturated rings. The van der Waals surface area contributed by atoms with E-state index in [0.717, 1.165) is 12.0 Å². The fourth-order valence-corrected chi connectivity index (χ4v) is 2.16. The molecule has 2 N–H and O–H groups in total. The van der Waals surface area contributed by atoms with Crippen LogP contribution in [0, 0.1) is 0 Å². The van der Waals surface area contributed by atoms with Gasteiger partial charge in [-0.25, -0.2) is 0 Å². The number of Topliss-reactive ketones (excluding diaryl/α,β-unsaturated/α-hetero) is 1. The van der Waals surface area contributed by atoms with Crippen molar-refractivity contribution in [3.63, 3.8) is 0 Å². The molecule has 1 rings (SSSR count). The van der Waals surface area contributed by atoms with Gasteiger partial charge < -0.3 is 10.6 Å². The predicted molar refractivity (Wildman–Crippen MR) is 76.3 cm³/mol. The van der Waals surface area contributed by atoms with E-state index in [1.54, 1.807) is 0 Å². The second-order valence-corrected chi connectivity index (χ2v) is 5.06. The Morgan fingerprint density at radius 3 is 2.56 bits per heavy atom. The van der Waals surface area contributed by atoms with E-state index in [2.05, 4.69) is 4.90 Å². The third kappa shape index (κ3) is 3.80. The van der Waals surface area contributed by atoms with Gasteiger partial charge >= 0.3 is 0 Å². The molecule has 0 aromatic heterocycles. The summed E-state index contributed by atoms with van der Waals surface area (Å²) in [5, 5.41) is 0.536. The summed E-state index contributed by atoms with van der Waals surface area (Å²) in [4.78, 5) is 13.7. The molecule has 0 heterocycles. The van der Waals surface area contributed by atoms with Gasteiger partial charge in [0.25, 0.3) is 0 Å². The number of rotatable bonds is 6. The van der Waals surface area contributed by atoms with Gasteiger partial charge in [-0.05, 0) is 38.2 Å². The number of benzene rings is 1. The van der Waals surface area contributed by atoms with Crippen LogP contribution in [0.3, 0.4) is 0 Å². The number of hydrogen-bond donors (Lipinski definition) is 1. The van der Waals surface area contributed by atoms with Gasteiger partial charge in [0.15, 0.2) is 5.78 Å². The lowest BCUT2D eigenvalue weighted by molar-refractivity contribution is 0.0988. The quantitative estimate of drug-likeness (QED) is 0.806. The summed E-state index contributed by atoms with van der Waals surface area (Å²) < 4.78 is 0. The molecule has 4 heteroatoms. The Labute approximate surface area is 114 Å². The smallest absolute Gasteiger partial charge is 0.164 e. The number of hydrogen-bond acceptors (Lipinski definition) is 3. The van der Waals surface area contributed by atoms with Gasteiger partial charge in [0, 0.05) is 24.6 Å². The molecule has 100 valence electrons. The lowest BCUT2D eigenvalue weighted by Gasteiger charge is -2.22. The van der Waals surface area contributed by atoms with Crippen molar-refractivity contribution in [3.05, 3.63) is 34.3 Å². The van der Waals surface area contributed by atoms with Gasteiger partial charge in [0.2, 0.25) is 0 Å². The zero-order valence-corrected chi connectivity index (χ0v) is 12.0. The average Bonchev–Trinajstić information content (AvgIpc) is 2.34. The van der Waals surface area contributed by atoms with E-state index in [0.29, 0.717) is 23.6 Å². The summed E-state index contributed by atoms with van der Waals surface area (Å²) in [6.45, 7) is 2.43. The zero-order valence-electron chi connectivity index (χ0n) is 11.2. The molecule has 0 amide bonds. The molecule has 0 aliphatic carbocycles. The van der Waals surface area contributed by atoms with Gasteiger partial charge in [-0.15, -0.1) is 0 Å². The van der Waals surface area contributed by atoms with Crippen LogP contribution in [0.1, 0.15) is 29.3 Å². The second-order valence-electron chi connectivity index (χ2n) is 4.65. The average molecular weight is 269 g/mol. The molecule has 3 nitrogen and oxygen atoms in total. The third-order valence-electron chi connectivity index (χ3n) is 3.13. The van der Waals surface area contributed by atoms with E-state index < -0.39 is 0 Å². The van der Waals surface area contributed by atoms with E-state index in [4.69, 9.17) is 17.3 Å². The molecular formula is C14H21ClN2O. The molecule has 18 heavy (non-hydrogen) atoms. The van der Waals surface area contributed by atoms with Gasteiger partial charge in [-0.2, -0.15) is 0 Å². The topological polar surface area (TPSA) is 46.3 Å². The molecule has 0 spiro atoms. The molecule has 0 aliphatic rings. The van der Waals surface area contributed by atoms with Crippen LogP contribution < -0.4 is 5.73 Å². The molecule has 0 unspecified atom stereocenters. The molecule has 0 saturated carbocycles. The van der Waals surface area contributed by atoms with Crippen molar-refractivity contribution in [2.45, 2.75) is 25.8 Å². The van der Waals surface area contributed by atoms with Crippen molar-refractivity contribution in [2.24, 2.45) is 5.73 Å². The zero-order chi connectivity index (χ0) is 13.7. The van der Waals surface area contributed by atoms with Crippen molar-refractivity contribution in [1.29, 1.82) is 0 Å². The number of carbonyl (C=O) groups excluding carboxylic acids is 1. The third-order valence-corrected chi connectivity index (χ3v) is 3.44. The number of nitrogens with two attached hydrogens (primary N) is 1. The minimum Gasteiger partial charge on any atom is -0.329 e. The first-order valence-corrected chi connectivity index (χ1v) is 6.55. The first-order chi connectivity index (χ1) is 8.49. The fraction of sp³-hybridized carbons (Fsp3) is 0.500. The Morgan fingerprint density at radius 2 is 2.11 bits per heavy atom. The summed E-state index contributed by atoms with van der Waals surface area (Å²) in [5.74, 6) is 0.0783. The van der Waals surface area contributed by atoms with Gasteiger partial charge in [0.05, 0.1) is 5.02 Å². The normalized spacial score (nSPS) is 12.8. The fourth-order valence-electron chi connectivity index (χ4n) is 1.85. The lowest BCUT2D eigenvalue weighted by Crippen LogP contribution is -2.36.